The second kappa shape index (κ2) is 15.9. The van der Waals surface area contributed by atoms with Crippen LogP contribution >= 0.6 is 38.5 Å². The monoisotopic (exact) mass is 796 g/mol. The summed E-state index contributed by atoms with van der Waals surface area (Å²) in [7, 11) is 1.27. The molecule has 0 saturated heterocycles. The van der Waals surface area contributed by atoms with Crippen molar-refractivity contribution in [1.82, 2.24) is 16.1 Å². The minimum atomic E-state index is -1.16. The average Bonchev–Trinajstić information content (AvgIpc) is 3.00. The van der Waals surface area contributed by atoms with Gasteiger partial charge in [0.2, 0.25) is 0 Å². The first-order valence-corrected chi connectivity index (χ1v) is 15.6. The third kappa shape index (κ3) is 9.08. The molecule has 1 heterocycles. The maximum atomic E-state index is 13.2. The Bertz CT molecular complexity index is 1580. The number of methoxy groups -OCH3 is 1. The van der Waals surface area contributed by atoms with Crippen LogP contribution in [-0.2, 0) is 16.1 Å². The number of nitrogens with one attached hydrogen (secondary N) is 3. The lowest BCUT2D eigenvalue weighted by Crippen LogP contribution is -2.45. The van der Waals surface area contributed by atoms with E-state index in [1.807, 2.05) is 19.1 Å². The van der Waals surface area contributed by atoms with Crippen molar-refractivity contribution < 1.29 is 38.0 Å². The number of ether oxygens (including phenoxy) is 4. The Balaban J connectivity index is 1.37. The van der Waals surface area contributed by atoms with Crippen LogP contribution in [0.25, 0.3) is 0 Å². The van der Waals surface area contributed by atoms with Crippen molar-refractivity contribution in [1.29, 1.82) is 0 Å². The number of rotatable bonds is 13. The van der Waals surface area contributed by atoms with E-state index in [2.05, 4.69) is 59.7 Å². The maximum absolute atomic E-state index is 13.2. The van der Waals surface area contributed by atoms with Crippen molar-refractivity contribution in [2.75, 3.05) is 20.3 Å². The van der Waals surface area contributed by atoms with Crippen molar-refractivity contribution in [2.45, 2.75) is 32.7 Å². The molecule has 3 aromatic carbocycles. The van der Waals surface area contributed by atoms with Crippen LogP contribution in [0.2, 0.25) is 0 Å². The van der Waals surface area contributed by atoms with Crippen LogP contribution in [0, 0.1) is 9.39 Å². The molecular formula is C31H31BrFIN4O7. The summed E-state index contributed by atoms with van der Waals surface area (Å²) in [6.45, 7) is 3.87. The highest BCUT2D eigenvalue weighted by molar-refractivity contribution is 14.1. The zero-order valence-electron chi connectivity index (χ0n) is 24.5. The van der Waals surface area contributed by atoms with E-state index in [0.717, 1.165) is 14.7 Å². The molecule has 2 amide bonds. The van der Waals surface area contributed by atoms with E-state index in [-0.39, 0.29) is 24.6 Å². The number of urea groups is 1. The van der Waals surface area contributed by atoms with E-state index in [0.29, 0.717) is 39.6 Å². The second-order valence-corrected chi connectivity index (χ2v) is 11.7. The summed E-state index contributed by atoms with van der Waals surface area (Å²) in [6, 6.07) is 13.6. The smallest absolute Gasteiger partial charge is 0.337 e. The van der Waals surface area contributed by atoms with Crippen LogP contribution in [-0.4, -0.2) is 49.9 Å². The van der Waals surface area contributed by atoms with E-state index in [1.54, 1.807) is 43.5 Å². The summed E-state index contributed by atoms with van der Waals surface area (Å²) < 4.78 is 37.1. The molecule has 14 heteroatoms. The zero-order valence-corrected chi connectivity index (χ0v) is 28.3. The number of amides is 2. The lowest BCUT2D eigenvalue weighted by atomic mass is 9.95. The highest BCUT2D eigenvalue weighted by Gasteiger charge is 2.32. The Morgan fingerprint density at radius 3 is 2.60 bits per heavy atom. The van der Waals surface area contributed by atoms with Crippen molar-refractivity contribution >= 4 is 56.7 Å². The van der Waals surface area contributed by atoms with Gasteiger partial charge < -0.3 is 34.7 Å². The first-order valence-electron chi connectivity index (χ1n) is 13.7. The number of carbonyl (C=O) groups excluding carboxylic acids is 2. The molecule has 1 aliphatic rings. The number of aliphatic hydroxyl groups excluding tert-OH is 1. The van der Waals surface area contributed by atoms with E-state index in [1.165, 1.54) is 19.2 Å². The SMILES string of the molecule is CCOc1cc([C@@H]2NC(=O)NC(C)=C2C(=O)OC)ccc1OC[C@H](O)N/N=C\c1cc(Br)c(OCc2ccc(F)cc2)c(I)c1. The Morgan fingerprint density at radius 1 is 1.16 bits per heavy atom. The molecule has 0 aromatic heterocycles. The molecule has 0 fully saturated rings. The van der Waals surface area contributed by atoms with Crippen LogP contribution in [0.1, 0.15) is 36.6 Å². The molecule has 0 saturated carbocycles. The fraction of sp³-hybridized carbons (Fsp3) is 0.258. The maximum Gasteiger partial charge on any atom is 0.337 e. The fourth-order valence-electron chi connectivity index (χ4n) is 4.35. The quantitative estimate of drug-likeness (QED) is 0.0602. The van der Waals surface area contributed by atoms with Gasteiger partial charge in [0, 0.05) is 5.70 Å². The van der Waals surface area contributed by atoms with Crippen LogP contribution in [0.4, 0.5) is 9.18 Å². The molecule has 3 aromatic rings. The number of carbonyl (C=O) groups is 2. The summed E-state index contributed by atoms with van der Waals surface area (Å²) in [5, 5.41) is 19.9. The zero-order chi connectivity index (χ0) is 32.5. The Labute approximate surface area is 281 Å². The molecular weight excluding hydrogens is 766 g/mol. The first-order chi connectivity index (χ1) is 21.6. The summed E-state index contributed by atoms with van der Waals surface area (Å²) in [5.74, 6) is 0.473. The lowest BCUT2D eigenvalue weighted by molar-refractivity contribution is -0.136. The summed E-state index contributed by atoms with van der Waals surface area (Å²) in [6.07, 6.45) is 0.388. The number of nitrogens with zero attached hydrogens (tertiary/aromatic N) is 1. The predicted octanol–water partition coefficient (Wildman–Crippen LogP) is 5.29. The standard InChI is InChI=1S/C31H31BrFIN4O7/c1-4-43-25-13-20(28-27(30(40)42-3)17(2)36-31(41)37-28)7-10-24(25)44-16-26(39)38-35-14-19-11-22(32)29(23(34)12-19)45-15-18-5-8-21(33)9-6-18/h5-14,26,28,38-39H,4,15-16H2,1-3H3,(H2,36,37,41)/b35-14-/t26-,28-/m0/s1. The summed E-state index contributed by atoms with van der Waals surface area (Å²) in [4.78, 5) is 24.6. The van der Waals surface area contributed by atoms with Gasteiger partial charge in [-0.3, -0.25) is 5.43 Å². The number of esters is 1. The molecule has 1 aliphatic heterocycles. The Hall–Kier alpha value is -3.89. The molecule has 0 aliphatic carbocycles. The molecule has 2 atom stereocenters. The van der Waals surface area contributed by atoms with Crippen LogP contribution in [0.5, 0.6) is 17.2 Å². The van der Waals surface area contributed by atoms with Gasteiger partial charge in [-0.2, -0.15) is 5.10 Å². The van der Waals surface area contributed by atoms with Crippen molar-refractivity contribution in [3.63, 3.8) is 0 Å². The highest BCUT2D eigenvalue weighted by atomic mass is 127. The van der Waals surface area contributed by atoms with Crippen molar-refractivity contribution in [3.8, 4) is 17.2 Å². The minimum Gasteiger partial charge on any atom is -0.490 e. The van der Waals surface area contributed by atoms with Crippen LogP contribution in [0.15, 0.2) is 75.4 Å². The number of hydrazone groups is 1. The van der Waals surface area contributed by atoms with Gasteiger partial charge in [-0.15, -0.1) is 0 Å². The van der Waals surface area contributed by atoms with Gasteiger partial charge in [0.25, 0.3) is 0 Å². The molecule has 0 radical (unpaired) electrons. The average molecular weight is 797 g/mol. The highest BCUT2D eigenvalue weighted by Crippen LogP contribution is 2.35. The molecule has 0 unspecified atom stereocenters. The normalized spacial score (nSPS) is 15.3. The third-order valence-corrected chi connectivity index (χ3v) is 7.82. The predicted molar refractivity (Wildman–Crippen MR) is 177 cm³/mol. The minimum absolute atomic E-state index is 0.162. The molecule has 0 bridgehead atoms. The Kier molecular flexibility index (Phi) is 12.0. The van der Waals surface area contributed by atoms with Crippen LogP contribution < -0.4 is 30.3 Å². The number of benzene rings is 3. The lowest BCUT2D eigenvalue weighted by Gasteiger charge is -2.28. The molecule has 4 N–H and O–H groups in total. The van der Waals surface area contributed by atoms with Gasteiger partial charge in [-0.25, -0.2) is 14.0 Å². The molecule has 238 valence electrons. The van der Waals surface area contributed by atoms with E-state index in [9.17, 15) is 19.1 Å². The molecule has 0 spiro atoms. The second-order valence-electron chi connectivity index (χ2n) is 9.64. The number of halogens is 3. The fourth-order valence-corrected chi connectivity index (χ4v) is 6.12. The van der Waals surface area contributed by atoms with Gasteiger partial charge in [0.1, 0.15) is 24.8 Å². The van der Waals surface area contributed by atoms with Gasteiger partial charge in [0.05, 0.1) is 39.6 Å². The van der Waals surface area contributed by atoms with Gasteiger partial charge >= 0.3 is 12.0 Å². The van der Waals surface area contributed by atoms with Crippen LogP contribution in [0.3, 0.4) is 0 Å². The molecule has 11 nitrogen and oxygen atoms in total. The molecule has 45 heavy (non-hydrogen) atoms. The van der Waals surface area contributed by atoms with Gasteiger partial charge in [-0.05, 0) is 105 Å². The molecule has 4 rings (SSSR count). The van der Waals surface area contributed by atoms with E-state index >= 15 is 0 Å². The van der Waals surface area contributed by atoms with Crippen molar-refractivity contribution in [3.05, 3.63) is 96.4 Å². The van der Waals surface area contributed by atoms with Gasteiger partial charge in [-0.1, -0.05) is 18.2 Å². The summed E-state index contributed by atoms with van der Waals surface area (Å²) >= 11 is 5.67. The number of aliphatic hydroxyl groups is 1. The van der Waals surface area contributed by atoms with E-state index in [4.69, 9.17) is 18.9 Å². The summed E-state index contributed by atoms with van der Waals surface area (Å²) in [5.41, 5.74) is 5.44. The Morgan fingerprint density at radius 2 is 1.91 bits per heavy atom. The van der Waals surface area contributed by atoms with Crippen molar-refractivity contribution in [2.24, 2.45) is 5.10 Å². The number of hydrogen-bond donors (Lipinski definition) is 4. The van der Waals surface area contributed by atoms with E-state index < -0.39 is 24.3 Å². The number of hydrogen-bond acceptors (Lipinski definition) is 9. The third-order valence-electron chi connectivity index (χ3n) is 6.43. The first kappa shape index (κ1) is 34.0. The largest absolute Gasteiger partial charge is 0.490 e. The topological polar surface area (TPSA) is 140 Å². The number of allylic oxidation sites excluding steroid dienone is 1. The van der Waals surface area contributed by atoms with Gasteiger partial charge in [0.15, 0.2) is 17.7 Å².